The van der Waals surface area contributed by atoms with Crippen molar-refractivity contribution in [3.8, 4) is 0 Å². The number of rotatable bonds is 6. The van der Waals surface area contributed by atoms with Crippen molar-refractivity contribution in [1.29, 1.82) is 0 Å². The van der Waals surface area contributed by atoms with E-state index >= 15 is 0 Å². The molecule has 0 aromatic carbocycles. The smallest absolute Gasteiger partial charge is 0.218 e. The summed E-state index contributed by atoms with van der Waals surface area (Å²) in [6.07, 6.45) is 0.383. The van der Waals surface area contributed by atoms with Crippen molar-refractivity contribution in [2.45, 2.75) is 19.4 Å². The number of ether oxygens (including phenoxy) is 1. The molecule has 11 heavy (non-hydrogen) atoms. The van der Waals surface area contributed by atoms with E-state index in [4.69, 9.17) is 10.5 Å². The average molecular weight is 160 g/mol. The van der Waals surface area contributed by atoms with Gasteiger partial charge >= 0.3 is 0 Å². The van der Waals surface area contributed by atoms with Gasteiger partial charge in [0.1, 0.15) is 0 Å². The molecule has 0 aliphatic heterocycles. The number of amides is 1. The Kier molecular flexibility index (Phi) is 5.78. The highest BCUT2D eigenvalue weighted by molar-refractivity contribution is 5.73. The molecule has 0 aromatic heterocycles. The summed E-state index contributed by atoms with van der Waals surface area (Å²) in [7, 11) is 1.65. The molecule has 3 N–H and O–H groups in total. The lowest BCUT2D eigenvalue weighted by Crippen LogP contribution is -2.32. The van der Waals surface area contributed by atoms with Crippen LogP contribution in [0.15, 0.2) is 0 Å². The maximum absolute atomic E-state index is 10.3. The van der Waals surface area contributed by atoms with Crippen LogP contribution in [0.5, 0.6) is 0 Å². The summed E-state index contributed by atoms with van der Waals surface area (Å²) >= 11 is 0. The minimum Gasteiger partial charge on any atom is -0.383 e. The predicted molar refractivity (Wildman–Crippen MR) is 43.2 cm³/mol. The van der Waals surface area contributed by atoms with E-state index in [1.807, 2.05) is 6.92 Å². The minimum atomic E-state index is -0.276. The number of hydrogen-bond acceptors (Lipinski definition) is 3. The molecule has 1 amide bonds. The van der Waals surface area contributed by atoms with Gasteiger partial charge in [-0.2, -0.15) is 0 Å². The number of methoxy groups -OCH3 is 1. The van der Waals surface area contributed by atoms with Gasteiger partial charge in [0.2, 0.25) is 5.91 Å². The Balaban J connectivity index is 3.16. The molecule has 1 atom stereocenters. The monoisotopic (exact) mass is 160 g/mol. The van der Waals surface area contributed by atoms with Gasteiger partial charge in [0.25, 0.3) is 0 Å². The quantitative estimate of drug-likeness (QED) is 0.550. The largest absolute Gasteiger partial charge is 0.383 e. The van der Waals surface area contributed by atoms with Crippen LogP contribution in [0.4, 0.5) is 0 Å². The number of carbonyl (C=O) groups excluding carboxylic acids is 1. The Morgan fingerprint density at radius 3 is 2.82 bits per heavy atom. The molecule has 0 aliphatic rings. The van der Waals surface area contributed by atoms with Crippen LogP contribution in [0, 0.1) is 0 Å². The molecule has 0 saturated heterocycles. The van der Waals surface area contributed by atoms with E-state index in [2.05, 4.69) is 5.32 Å². The Bertz CT molecular complexity index is 117. The zero-order chi connectivity index (χ0) is 8.69. The van der Waals surface area contributed by atoms with Crippen molar-refractivity contribution in [3.05, 3.63) is 0 Å². The molecule has 0 aromatic rings. The molecule has 0 heterocycles. The normalized spacial score (nSPS) is 12.9. The summed E-state index contributed by atoms with van der Waals surface area (Å²) < 4.78 is 4.88. The second-order valence-electron chi connectivity index (χ2n) is 2.53. The van der Waals surface area contributed by atoms with Crippen LogP contribution in [0.1, 0.15) is 13.3 Å². The van der Waals surface area contributed by atoms with Crippen molar-refractivity contribution in [1.82, 2.24) is 5.32 Å². The molecular formula is C7H16N2O2. The van der Waals surface area contributed by atoms with Crippen molar-refractivity contribution >= 4 is 5.91 Å². The number of nitrogens with two attached hydrogens (primary N) is 1. The average Bonchev–Trinajstić information content (AvgIpc) is 1.87. The zero-order valence-corrected chi connectivity index (χ0v) is 7.09. The van der Waals surface area contributed by atoms with Crippen LogP contribution in [0.2, 0.25) is 0 Å². The third kappa shape index (κ3) is 7.29. The molecule has 66 valence electrons. The van der Waals surface area contributed by atoms with Crippen LogP contribution >= 0.6 is 0 Å². The van der Waals surface area contributed by atoms with Crippen molar-refractivity contribution in [3.63, 3.8) is 0 Å². The highest BCUT2D eigenvalue weighted by Gasteiger charge is 1.99. The highest BCUT2D eigenvalue weighted by atomic mass is 16.5. The van der Waals surface area contributed by atoms with Gasteiger partial charge < -0.3 is 15.8 Å². The maximum atomic E-state index is 10.3. The number of hydrogen-bond donors (Lipinski definition) is 2. The fraction of sp³-hybridized carbons (Fsp3) is 0.857. The summed E-state index contributed by atoms with van der Waals surface area (Å²) in [6, 6.07) is 0.277. The molecule has 0 saturated carbocycles. The fourth-order valence-corrected chi connectivity index (χ4v) is 0.751. The van der Waals surface area contributed by atoms with Gasteiger partial charge in [0, 0.05) is 26.1 Å². The van der Waals surface area contributed by atoms with Crippen LogP contribution < -0.4 is 11.1 Å². The third-order valence-corrected chi connectivity index (χ3v) is 1.28. The standard InChI is InChI=1S/C7H16N2O2/c1-6(5-11-2)9-4-3-7(8)10/h6,9H,3-5H2,1-2H3,(H2,8,10). The number of primary amides is 1. The van der Waals surface area contributed by atoms with Gasteiger partial charge in [-0.3, -0.25) is 4.79 Å². The summed E-state index contributed by atoms with van der Waals surface area (Å²) in [4.78, 5) is 10.3. The lowest BCUT2D eigenvalue weighted by atomic mass is 10.3. The van der Waals surface area contributed by atoms with E-state index in [9.17, 15) is 4.79 Å². The van der Waals surface area contributed by atoms with Crippen molar-refractivity contribution < 1.29 is 9.53 Å². The predicted octanol–water partition coefficient (Wildman–Crippen LogP) is -0.514. The zero-order valence-electron chi connectivity index (χ0n) is 7.09. The second kappa shape index (κ2) is 6.12. The highest BCUT2D eigenvalue weighted by Crippen LogP contribution is 1.82. The summed E-state index contributed by atoms with van der Waals surface area (Å²) in [5, 5.41) is 3.09. The van der Waals surface area contributed by atoms with E-state index in [1.54, 1.807) is 7.11 Å². The first kappa shape index (κ1) is 10.4. The molecular weight excluding hydrogens is 144 g/mol. The van der Waals surface area contributed by atoms with E-state index in [0.717, 1.165) is 0 Å². The van der Waals surface area contributed by atoms with Gasteiger partial charge in [-0.05, 0) is 6.92 Å². The Hall–Kier alpha value is -0.610. The molecule has 0 fully saturated rings. The molecule has 0 bridgehead atoms. The summed E-state index contributed by atoms with van der Waals surface area (Å²) in [5.74, 6) is -0.276. The van der Waals surface area contributed by atoms with Crippen LogP contribution in [0.3, 0.4) is 0 Å². The van der Waals surface area contributed by atoms with Gasteiger partial charge in [-0.1, -0.05) is 0 Å². The van der Waals surface area contributed by atoms with Gasteiger partial charge in [0.15, 0.2) is 0 Å². The molecule has 0 rings (SSSR count). The first-order valence-electron chi connectivity index (χ1n) is 3.67. The van der Waals surface area contributed by atoms with Crippen LogP contribution in [0.25, 0.3) is 0 Å². The topological polar surface area (TPSA) is 64.3 Å². The van der Waals surface area contributed by atoms with E-state index in [-0.39, 0.29) is 11.9 Å². The lowest BCUT2D eigenvalue weighted by molar-refractivity contribution is -0.117. The minimum absolute atomic E-state index is 0.276. The number of carbonyl (C=O) groups is 1. The fourth-order valence-electron chi connectivity index (χ4n) is 0.751. The first-order valence-corrected chi connectivity index (χ1v) is 3.67. The van der Waals surface area contributed by atoms with Crippen LogP contribution in [-0.4, -0.2) is 32.2 Å². The molecule has 0 radical (unpaired) electrons. The molecule has 4 heteroatoms. The molecule has 1 unspecified atom stereocenters. The third-order valence-electron chi connectivity index (χ3n) is 1.28. The number of nitrogens with one attached hydrogen (secondary N) is 1. The van der Waals surface area contributed by atoms with Gasteiger partial charge in [-0.25, -0.2) is 0 Å². The molecule has 4 nitrogen and oxygen atoms in total. The van der Waals surface area contributed by atoms with Crippen LogP contribution in [-0.2, 0) is 9.53 Å². The SMILES string of the molecule is COCC(C)NCCC(N)=O. The van der Waals surface area contributed by atoms with Gasteiger partial charge in [-0.15, -0.1) is 0 Å². The molecule has 0 aliphatic carbocycles. The Labute approximate surface area is 67.1 Å². The first-order chi connectivity index (χ1) is 5.16. The van der Waals surface area contributed by atoms with E-state index < -0.39 is 0 Å². The van der Waals surface area contributed by atoms with Gasteiger partial charge in [0.05, 0.1) is 6.61 Å². The maximum Gasteiger partial charge on any atom is 0.218 e. The lowest BCUT2D eigenvalue weighted by Gasteiger charge is -2.10. The summed E-state index contributed by atoms with van der Waals surface area (Å²) in [5.41, 5.74) is 4.94. The van der Waals surface area contributed by atoms with Crippen molar-refractivity contribution in [2.24, 2.45) is 5.73 Å². The second-order valence-corrected chi connectivity index (χ2v) is 2.53. The Morgan fingerprint density at radius 1 is 1.73 bits per heavy atom. The van der Waals surface area contributed by atoms with Crippen molar-refractivity contribution in [2.75, 3.05) is 20.3 Å². The Morgan fingerprint density at radius 2 is 2.36 bits per heavy atom. The summed E-state index contributed by atoms with van der Waals surface area (Å²) in [6.45, 7) is 3.27. The molecule has 0 spiro atoms. The van der Waals surface area contributed by atoms with E-state index in [0.29, 0.717) is 19.6 Å². The van der Waals surface area contributed by atoms with E-state index in [1.165, 1.54) is 0 Å².